The fraction of sp³-hybridized carbons (Fsp3) is 0.455. The first-order valence-electron chi connectivity index (χ1n) is 4.70. The molecule has 0 unspecified atom stereocenters. The molecule has 1 aromatic rings. The molecule has 0 amide bonds. The van der Waals surface area contributed by atoms with Crippen LogP contribution in [-0.4, -0.2) is 18.9 Å². The zero-order valence-corrected chi connectivity index (χ0v) is 11.0. The van der Waals surface area contributed by atoms with Crippen LogP contribution in [0.1, 0.15) is 18.1 Å². The Balaban J connectivity index is 0.00000196. The van der Waals surface area contributed by atoms with Crippen LogP contribution in [0.25, 0.3) is 5.32 Å². The van der Waals surface area contributed by atoms with Crippen LogP contribution in [0.4, 0.5) is 0 Å². The first-order valence-corrected chi connectivity index (χ1v) is 4.70. The van der Waals surface area contributed by atoms with Crippen molar-refractivity contribution >= 4 is 0 Å². The van der Waals surface area contributed by atoms with Gasteiger partial charge in [0, 0.05) is 6.73 Å². The van der Waals surface area contributed by atoms with E-state index in [-0.39, 0.29) is 19.5 Å². The minimum Gasteiger partial charge on any atom is -0.632 e. The largest absolute Gasteiger partial charge is 1.00 e. The van der Waals surface area contributed by atoms with E-state index in [2.05, 4.69) is 5.32 Å². The number of nitrogens with zero attached hydrogens (tertiary/aromatic N) is 1. The van der Waals surface area contributed by atoms with Gasteiger partial charge in [-0.2, -0.15) is 7.05 Å². The molecule has 0 aliphatic heterocycles. The van der Waals surface area contributed by atoms with Crippen LogP contribution in [0, 0.1) is 6.92 Å². The number of hydrogen-bond acceptors (Lipinski definition) is 2. The Hall–Kier alpha value is -0.597. The van der Waals surface area contributed by atoms with Gasteiger partial charge in [0.2, 0.25) is 0 Å². The van der Waals surface area contributed by atoms with Gasteiger partial charge in [0.1, 0.15) is 11.5 Å². The first kappa shape index (κ1) is 14.4. The van der Waals surface area contributed by atoms with E-state index in [0.29, 0.717) is 12.5 Å². The molecule has 0 aliphatic rings. The molecule has 0 aromatic heterocycles. The molecule has 85 valence electrons. The van der Waals surface area contributed by atoms with Crippen LogP contribution in [-0.2, 0) is 25.9 Å². The quantitative estimate of drug-likeness (QED) is 0.868. The minimum absolute atomic E-state index is 0. The van der Waals surface area contributed by atoms with Crippen LogP contribution in [0.2, 0.25) is 0 Å². The molecule has 3 nitrogen and oxygen atoms in total. The van der Waals surface area contributed by atoms with E-state index in [1.54, 1.807) is 13.1 Å². The summed E-state index contributed by atoms with van der Waals surface area (Å²) in [5.41, 5.74) is 1.84. The van der Waals surface area contributed by atoms with E-state index in [1.807, 2.05) is 19.9 Å². The molecule has 0 fully saturated rings. The molecule has 0 bridgehead atoms. The Morgan fingerprint density at radius 3 is 2.60 bits per heavy atom. The molecule has 1 aromatic carbocycles. The number of aryl methyl sites for hydroxylation is 2. The molecule has 0 atom stereocenters. The van der Waals surface area contributed by atoms with E-state index >= 15 is 0 Å². The summed E-state index contributed by atoms with van der Waals surface area (Å²) < 4.78 is 5.44. The fourth-order valence-electron chi connectivity index (χ4n) is 1.26. The SMILES string of the molecule is CCc1cc(O)c(C)cc1OC[N-]C.[Ru+]. The summed E-state index contributed by atoms with van der Waals surface area (Å²) in [5, 5.41) is 13.4. The van der Waals surface area contributed by atoms with E-state index in [1.165, 1.54) is 0 Å². The number of aromatic hydroxyl groups is 1. The van der Waals surface area contributed by atoms with Crippen LogP contribution in [0.5, 0.6) is 11.5 Å². The number of phenols is 1. The third kappa shape index (κ3) is 3.80. The summed E-state index contributed by atoms with van der Waals surface area (Å²) in [6, 6.07) is 3.60. The molecule has 0 spiro atoms. The van der Waals surface area contributed by atoms with Gasteiger partial charge in [-0.3, -0.25) is 0 Å². The molecule has 1 N–H and O–H groups in total. The Kier molecular flexibility index (Phi) is 6.54. The third-order valence-corrected chi connectivity index (χ3v) is 2.11. The normalized spacial score (nSPS) is 9.53. The van der Waals surface area contributed by atoms with Gasteiger partial charge in [0.15, 0.2) is 0 Å². The van der Waals surface area contributed by atoms with E-state index in [0.717, 1.165) is 23.3 Å². The Bertz CT molecular complexity index is 316. The van der Waals surface area contributed by atoms with Crippen molar-refractivity contribution in [2.75, 3.05) is 13.8 Å². The number of ether oxygens (including phenoxy) is 1. The van der Waals surface area contributed by atoms with Crippen LogP contribution in [0.15, 0.2) is 12.1 Å². The maximum atomic E-state index is 9.50. The van der Waals surface area contributed by atoms with Crippen molar-refractivity contribution in [1.82, 2.24) is 0 Å². The van der Waals surface area contributed by atoms with Gasteiger partial charge in [-0.1, -0.05) is 6.92 Å². The molecule has 1 radical (unpaired) electrons. The second-order valence-corrected chi connectivity index (χ2v) is 3.19. The Labute approximate surface area is 104 Å². The predicted molar refractivity (Wildman–Crippen MR) is 57.0 cm³/mol. The zero-order valence-electron chi connectivity index (χ0n) is 9.23. The van der Waals surface area contributed by atoms with E-state index in [4.69, 9.17) is 4.74 Å². The molecule has 0 saturated carbocycles. The van der Waals surface area contributed by atoms with E-state index < -0.39 is 0 Å². The summed E-state index contributed by atoms with van der Waals surface area (Å²) in [6.45, 7) is 4.24. The summed E-state index contributed by atoms with van der Waals surface area (Å²) in [5.74, 6) is 1.14. The van der Waals surface area contributed by atoms with Crippen molar-refractivity contribution < 1.29 is 29.3 Å². The monoisotopic (exact) mass is 296 g/mol. The van der Waals surface area contributed by atoms with Gasteiger partial charge in [-0.05, 0) is 36.6 Å². The molecule has 0 saturated heterocycles. The average Bonchev–Trinajstić information content (AvgIpc) is 2.19. The van der Waals surface area contributed by atoms with Crippen molar-refractivity contribution in [2.24, 2.45) is 0 Å². The van der Waals surface area contributed by atoms with E-state index in [9.17, 15) is 5.11 Å². The van der Waals surface area contributed by atoms with Crippen molar-refractivity contribution in [1.29, 1.82) is 0 Å². The zero-order chi connectivity index (χ0) is 10.6. The van der Waals surface area contributed by atoms with Crippen LogP contribution < -0.4 is 4.74 Å². The fourth-order valence-corrected chi connectivity index (χ4v) is 1.26. The Morgan fingerprint density at radius 2 is 2.07 bits per heavy atom. The molecule has 0 aliphatic carbocycles. The smallest absolute Gasteiger partial charge is 0.632 e. The van der Waals surface area contributed by atoms with Crippen molar-refractivity contribution in [3.05, 3.63) is 28.6 Å². The van der Waals surface area contributed by atoms with Crippen LogP contribution >= 0.6 is 0 Å². The number of phenolic OH excluding ortho intramolecular Hbond substituents is 1. The second kappa shape index (κ2) is 6.81. The molecular formula is C11H16NO2Ru. The topological polar surface area (TPSA) is 43.6 Å². The third-order valence-electron chi connectivity index (χ3n) is 2.11. The number of hydrogen-bond donors (Lipinski definition) is 1. The minimum atomic E-state index is 0. The molecule has 0 heterocycles. The Morgan fingerprint density at radius 1 is 1.40 bits per heavy atom. The van der Waals surface area contributed by atoms with Crippen LogP contribution in [0.3, 0.4) is 0 Å². The molecule has 4 heteroatoms. The first-order chi connectivity index (χ1) is 6.69. The summed E-state index contributed by atoms with van der Waals surface area (Å²) in [4.78, 5) is 0. The van der Waals surface area contributed by atoms with Gasteiger partial charge in [-0.15, -0.1) is 0 Å². The summed E-state index contributed by atoms with van der Waals surface area (Å²) in [6.07, 6.45) is 0.840. The molecule has 15 heavy (non-hydrogen) atoms. The number of rotatable bonds is 4. The van der Waals surface area contributed by atoms with Gasteiger partial charge in [0.25, 0.3) is 0 Å². The van der Waals surface area contributed by atoms with Gasteiger partial charge >= 0.3 is 19.5 Å². The average molecular weight is 295 g/mol. The van der Waals surface area contributed by atoms with Crippen molar-refractivity contribution in [3.8, 4) is 11.5 Å². The predicted octanol–water partition coefficient (Wildman–Crippen LogP) is 2.60. The second-order valence-electron chi connectivity index (χ2n) is 3.19. The van der Waals surface area contributed by atoms with Crippen molar-refractivity contribution in [3.63, 3.8) is 0 Å². The standard InChI is InChI=1S/C11H16NO2.Ru/c1-4-9-6-10(13)8(2)5-11(9)14-7-12-3;/h5-6,13H,4,7H2,1-3H3;/q-1;+1. The molecular weight excluding hydrogens is 279 g/mol. The van der Waals surface area contributed by atoms with Gasteiger partial charge in [-0.25, -0.2) is 0 Å². The maximum Gasteiger partial charge on any atom is 1.00 e. The summed E-state index contributed by atoms with van der Waals surface area (Å²) in [7, 11) is 1.71. The van der Waals surface area contributed by atoms with Gasteiger partial charge < -0.3 is 15.2 Å². The number of benzene rings is 1. The molecule has 1 rings (SSSR count). The van der Waals surface area contributed by atoms with Gasteiger partial charge in [0.05, 0.1) is 0 Å². The van der Waals surface area contributed by atoms with Crippen molar-refractivity contribution in [2.45, 2.75) is 20.3 Å². The summed E-state index contributed by atoms with van der Waals surface area (Å²) >= 11 is 0. The maximum absolute atomic E-state index is 9.50.